The van der Waals surface area contributed by atoms with E-state index in [-0.39, 0.29) is 5.97 Å². The first-order valence-corrected chi connectivity index (χ1v) is 9.50. The molecule has 0 aromatic rings. The number of unbranched alkanes of at least 4 members (excludes halogenated alkanes) is 2. The van der Waals surface area contributed by atoms with Crippen LogP contribution in [0.3, 0.4) is 0 Å². The van der Waals surface area contributed by atoms with Crippen LogP contribution in [0.4, 0.5) is 0 Å². The topological polar surface area (TPSA) is 26.3 Å². The van der Waals surface area contributed by atoms with Crippen LogP contribution in [0.15, 0.2) is 34.0 Å². The summed E-state index contributed by atoms with van der Waals surface area (Å²) in [5.41, 5.74) is 1.50. The summed E-state index contributed by atoms with van der Waals surface area (Å²) in [5, 5.41) is 0. The van der Waals surface area contributed by atoms with Gasteiger partial charge >= 0.3 is 5.97 Å². The molecule has 0 fully saturated rings. The van der Waals surface area contributed by atoms with E-state index in [4.69, 9.17) is 0 Å². The minimum Gasteiger partial charge on any atom is -0.466 e. The largest absolute Gasteiger partial charge is 0.466 e. The second-order valence-corrected chi connectivity index (χ2v) is 6.56. The van der Waals surface area contributed by atoms with Gasteiger partial charge in [-0.05, 0) is 61.9 Å². The highest BCUT2D eigenvalue weighted by molar-refractivity contribution is 14.1. The first kappa shape index (κ1) is 21.4. The van der Waals surface area contributed by atoms with Crippen molar-refractivity contribution < 1.29 is 9.53 Å². The van der Waals surface area contributed by atoms with Crippen molar-refractivity contribution in [3.8, 4) is 0 Å². The summed E-state index contributed by atoms with van der Waals surface area (Å²) in [5.74, 6) is 0.554. The standard InChI is InChI=1S/C19H31IO2/c1-17(11-6-4-5-7-15-19(21)22-3)13-10-14-18(2)12-8-9-16-20/h7,9,11,15-16,18H,4-6,8,10,12-14H2,1-3H3/b15-7+,16-9-,17-11+. The Morgan fingerprint density at radius 1 is 1.14 bits per heavy atom. The fourth-order valence-electron chi connectivity index (χ4n) is 2.25. The normalized spacial score (nSPS) is 13.9. The minimum absolute atomic E-state index is 0.269. The summed E-state index contributed by atoms with van der Waals surface area (Å²) >= 11 is 2.28. The molecule has 0 aromatic carbocycles. The molecule has 2 nitrogen and oxygen atoms in total. The fraction of sp³-hybridized carbons (Fsp3) is 0.632. The van der Waals surface area contributed by atoms with Crippen LogP contribution in [0.2, 0.25) is 0 Å². The van der Waals surface area contributed by atoms with E-state index in [1.54, 1.807) is 0 Å². The zero-order valence-corrected chi connectivity index (χ0v) is 16.5. The summed E-state index contributed by atoms with van der Waals surface area (Å²) < 4.78 is 6.66. The maximum Gasteiger partial charge on any atom is 0.330 e. The molecule has 0 aliphatic rings. The number of esters is 1. The fourth-order valence-corrected chi connectivity index (χ4v) is 2.61. The van der Waals surface area contributed by atoms with E-state index < -0.39 is 0 Å². The van der Waals surface area contributed by atoms with Crippen molar-refractivity contribution in [3.63, 3.8) is 0 Å². The number of ether oxygens (including phenoxy) is 1. The highest BCUT2D eigenvalue weighted by Crippen LogP contribution is 2.17. The molecule has 1 unspecified atom stereocenters. The number of carbonyl (C=O) groups excluding carboxylic acids is 1. The van der Waals surface area contributed by atoms with Crippen LogP contribution < -0.4 is 0 Å². The molecule has 0 radical (unpaired) electrons. The molecule has 22 heavy (non-hydrogen) atoms. The van der Waals surface area contributed by atoms with Crippen LogP contribution >= 0.6 is 22.6 Å². The minimum atomic E-state index is -0.269. The Hall–Kier alpha value is -0.580. The third-order valence-electron chi connectivity index (χ3n) is 3.71. The maximum atomic E-state index is 10.9. The molecule has 0 saturated carbocycles. The average molecular weight is 418 g/mol. The molecule has 0 aliphatic carbocycles. The van der Waals surface area contributed by atoms with Crippen molar-refractivity contribution in [3.05, 3.63) is 34.0 Å². The summed E-state index contributed by atoms with van der Waals surface area (Å²) in [4.78, 5) is 10.9. The lowest BCUT2D eigenvalue weighted by atomic mass is 9.97. The van der Waals surface area contributed by atoms with Crippen molar-refractivity contribution in [1.82, 2.24) is 0 Å². The van der Waals surface area contributed by atoms with E-state index in [0.29, 0.717) is 0 Å². The van der Waals surface area contributed by atoms with Crippen LogP contribution in [0.1, 0.15) is 65.2 Å². The molecule has 0 aromatic heterocycles. The number of hydrogen-bond acceptors (Lipinski definition) is 2. The summed E-state index contributed by atoms with van der Waals surface area (Å²) in [6, 6.07) is 0. The van der Waals surface area contributed by atoms with Gasteiger partial charge in [-0.2, -0.15) is 0 Å². The molecule has 0 saturated heterocycles. The van der Waals surface area contributed by atoms with Crippen molar-refractivity contribution in [2.24, 2.45) is 5.92 Å². The average Bonchev–Trinajstić information content (AvgIpc) is 2.50. The lowest BCUT2D eigenvalue weighted by Gasteiger charge is -2.09. The van der Waals surface area contributed by atoms with E-state index in [9.17, 15) is 4.79 Å². The van der Waals surface area contributed by atoms with E-state index in [0.717, 1.165) is 25.2 Å². The smallest absolute Gasteiger partial charge is 0.330 e. The number of rotatable bonds is 12. The van der Waals surface area contributed by atoms with Crippen LogP contribution in [0, 0.1) is 5.92 Å². The highest BCUT2D eigenvalue weighted by atomic mass is 127. The van der Waals surface area contributed by atoms with Crippen LogP contribution in [-0.4, -0.2) is 13.1 Å². The van der Waals surface area contributed by atoms with E-state index >= 15 is 0 Å². The van der Waals surface area contributed by atoms with Crippen LogP contribution in [0.5, 0.6) is 0 Å². The van der Waals surface area contributed by atoms with Gasteiger partial charge in [-0.3, -0.25) is 0 Å². The molecule has 3 heteroatoms. The number of methoxy groups -OCH3 is 1. The van der Waals surface area contributed by atoms with E-state index in [1.165, 1.54) is 50.9 Å². The molecule has 126 valence electrons. The number of allylic oxidation sites excluding steroid dienone is 4. The van der Waals surface area contributed by atoms with Gasteiger partial charge in [-0.15, -0.1) is 0 Å². The van der Waals surface area contributed by atoms with Crippen molar-refractivity contribution in [1.29, 1.82) is 0 Å². The monoisotopic (exact) mass is 418 g/mol. The Balaban J connectivity index is 3.64. The summed E-state index contributed by atoms with van der Waals surface area (Å²) in [6.07, 6.45) is 17.4. The van der Waals surface area contributed by atoms with Gasteiger partial charge in [0.25, 0.3) is 0 Å². The van der Waals surface area contributed by atoms with E-state index in [2.05, 4.69) is 57.4 Å². The quantitative estimate of drug-likeness (QED) is 0.121. The Morgan fingerprint density at radius 3 is 2.59 bits per heavy atom. The molecular weight excluding hydrogens is 387 g/mol. The van der Waals surface area contributed by atoms with Crippen molar-refractivity contribution in [2.75, 3.05) is 7.11 Å². The second kappa shape index (κ2) is 15.3. The van der Waals surface area contributed by atoms with Gasteiger partial charge in [0.1, 0.15) is 0 Å². The zero-order valence-electron chi connectivity index (χ0n) is 14.3. The van der Waals surface area contributed by atoms with Gasteiger partial charge in [0.2, 0.25) is 0 Å². The van der Waals surface area contributed by atoms with Gasteiger partial charge in [0.05, 0.1) is 7.11 Å². The second-order valence-electron chi connectivity index (χ2n) is 5.84. The Kier molecular flexibility index (Phi) is 14.9. The summed E-state index contributed by atoms with van der Waals surface area (Å²) in [6.45, 7) is 4.58. The first-order valence-electron chi connectivity index (χ1n) is 8.25. The molecule has 0 spiro atoms. The van der Waals surface area contributed by atoms with Gasteiger partial charge in [0, 0.05) is 6.08 Å². The molecule has 1 atom stereocenters. The van der Waals surface area contributed by atoms with Gasteiger partial charge in [-0.1, -0.05) is 59.7 Å². The summed E-state index contributed by atoms with van der Waals surface area (Å²) in [7, 11) is 1.40. The SMILES string of the molecule is COC(=O)/C=C/CCC/C=C(\C)CCCC(C)CC/C=C\I. The predicted molar refractivity (Wildman–Crippen MR) is 104 cm³/mol. The maximum absolute atomic E-state index is 10.9. The Morgan fingerprint density at radius 2 is 1.91 bits per heavy atom. The lowest BCUT2D eigenvalue weighted by molar-refractivity contribution is -0.134. The number of carbonyl (C=O) groups is 1. The highest BCUT2D eigenvalue weighted by Gasteiger charge is 2.01. The van der Waals surface area contributed by atoms with Crippen molar-refractivity contribution in [2.45, 2.75) is 65.2 Å². The molecular formula is C19H31IO2. The predicted octanol–water partition coefficient (Wildman–Crippen LogP) is 6.37. The lowest BCUT2D eigenvalue weighted by Crippen LogP contribution is -1.94. The van der Waals surface area contributed by atoms with Crippen LogP contribution in [0.25, 0.3) is 0 Å². The molecule has 0 bridgehead atoms. The van der Waals surface area contributed by atoms with Crippen molar-refractivity contribution >= 4 is 28.6 Å². The third-order valence-corrected chi connectivity index (χ3v) is 4.21. The Labute approximate surface area is 150 Å². The van der Waals surface area contributed by atoms with Gasteiger partial charge in [0.15, 0.2) is 0 Å². The molecule has 0 aliphatic heterocycles. The van der Waals surface area contributed by atoms with Gasteiger partial charge < -0.3 is 4.74 Å². The first-order chi connectivity index (χ1) is 10.6. The molecule has 0 N–H and O–H groups in total. The Bertz CT molecular complexity index is 370. The van der Waals surface area contributed by atoms with E-state index in [1.807, 2.05) is 6.08 Å². The number of halogens is 1. The molecule has 0 rings (SSSR count). The molecule has 0 heterocycles. The third kappa shape index (κ3) is 14.4. The van der Waals surface area contributed by atoms with Gasteiger partial charge in [-0.25, -0.2) is 4.79 Å². The molecule has 0 amide bonds. The van der Waals surface area contributed by atoms with Crippen LogP contribution in [-0.2, 0) is 9.53 Å². The zero-order chi connectivity index (χ0) is 16.6. The number of hydrogen-bond donors (Lipinski definition) is 0.